The molecule has 2 aromatic rings. The van der Waals surface area contributed by atoms with Gasteiger partial charge in [0.05, 0.1) is 17.9 Å². The third-order valence-corrected chi connectivity index (χ3v) is 5.66. The van der Waals surface area contributed by atoms with Gasteiger partial charge in [-0.15, -0.1) is 0 Å². The zero-order valence-electron chi connectivity index (χ0n) is 18.9. The number of benzene rings is 1. The van der Waals surface area contributed by atoms with E-state index in [1.165, 1.54) is 12.1 Å². The second kappa shape index (κ2) is 10.7. The molecule has 3 atom stereocenters. The molecule has 170 valence electrons. The fourth-order valence-electron chi connectivity index (χ4n) is 3.97. The number of aromatic nitrogens is 2. The molecule has 1 aromatic heterocycles. The summed E-state index contributed by atoms with van der Waals surface area (Å²) in [5.41, 5.74) is 2.44. The number of hydrogen-bond donors (Lipinski definition) is 2. The van der Waals surface area contributed by atoms with Crippen LogP contribution in [0.2, 0.25) is 0 Å². The fraction of sp³-hybridized carbons (Fsp3) is 0.565. The highest BCUT2D eigenvalue weighted by atomic mass is 19.1. The van der Waals surface area contributed by atoms with Gasteiger partial charge in [-0.2, -0.15) is 5.10 Å². The van der Waals surface area contributed by atoms with Crippen LogP contribution in [0.5, 0.6) is 0 Å². The average molecular weight is 432 g/mol. The molecular formula is C23H34FN5O2. The van der Waals surface area contributed by atoms with Crippen molar-refractivity contribution in [2.75, 3.05) is 33.2 Å². The molecule has 31 heavy (non-hydrogen) atoms. The number of nitrogens with zero attached hydrogens (tertiary/aromatic N) is 3. The van der Waals surface area contributed by atoms with Gasteiger partial charge in [0.25, 0.3) is 0 Å². The molecule has 1 fully saturated rings. The van der Waals surface area contributed by atoms with Crippen LogP contribution in [0.1, 0.15) is 32.9 Å². The summed E-state index contributed by atoms with van der Waals surface area (Å²) in [6.07, 6.45) is 2.00. The number of nitrogens with one attached hydrogen (secondary N) is 2. The van der Waals surface area contributed by atoms with E-state index in [4.69, 9.17) is 4.74 Å². The van der Waals surface area contributed by atoms with Gasteiger partial charge >= 0.3 is 6.03 Å². The minimum absolute atomic E-state index is 0.0636. The van der Waals surface area contributed by atoms with Crippen molar-refractivity contribution in [3.8, 4) is 11.3 Å². The van der Waals surface area contributed by atoms with Crippen LogP contribution in [-0.2, 0) is 11.2 Å². The molecule has 0 spiro atoms. The van der Waals surface area contributed by atoms with Gasteiger partial charge < -0.3 is 15.0 Å². The second-order valence-electron chi connectivity index (χ2n) is 8.56. The summed E-state index contributed by atoms with van der Waals surface area (Å²) < 4.78 is 19.2. The van der Waals surface area contributed by atoms with E-state index in [-0.39, 0.29) is 30.1 Å². The van der Waals surface area contributed by atoms with E-state index in [0.29, 0.717) is 13.1 Å². The molecule has 0 unspecified atom stereocenters. The Bertz CT molecular complexity index is 848. The average Bonchev–Trinajstić information content (AvgIpc) is 3.20. The molecule has 0 aliphatic carbocycles. The van der Waals surface area contributed by atoms with Crippen LogP contribution in [0.15, 0.2) is 30.3 Å². The van der Waals surface area contributed by atoms with Crippen molar-refractivity contribution in [1.29, 1.82) is 0 Å². The molecule has 0 bridgehead atoms. The Morgan fingerprint density at radius 3 is 2.81 bits per heavy atom. The minimum Gasteiger partial charge on any atom is -0.373 e. The lowest BCUT2D eigenvalue weighted by Crippen LogP contribution is -2.53. The van der Waals surface area contributed by atoms with Gasteiger partial charge in [-0.3, -0.25) is 10.00 Å². The van der Waals surface area contributed by atoms with Crippen molar-refractivity contribution in [2.24, 2.45) is 0 Å². The van der Waals surface area contributed by atoms with Crippen LogP contribution in [0.4, 0.5) is 9.18 Å². The summed E-state index contributed by atoms with van der Waals surface area (Å²) in [7, 11) is 1.81. The Labute approximate surface area is 183 Å². The van der Waals surface area contributed by atoms with E-state index in [9.17, 15) is 9.18 Å². The maximum absolute atomic E-state index is 13.4. The van der Waals surface area contributed by atoms with Crippen LogP contribution >= 0.6 is 0 Å². The molecule has 2 amide bonds. The van der Waals surface area contributed by atoms with Gasteiger partial charge in [0.1, 0.15) is 5.82 Å². The summed E-state index contributed by atoms with van der Waals surface area (Å²) >= 11 is 0. The third-order valence-electron chi connectivity index (χ3n) is 5.66. The molecule has 1 aromatic carbocycles. The van der Waals surface area contributed by atoms with Crippen LogP contribution < -0.4 is 5.32 Å². The Kier molecular flexibility index (Phi) is 8.03. The number of carbonyl (C=O) groups excluding carboxylic acids is 1. The minimum atomic E-state index is -0.276. The first-order valence-corrected chi connectivity index (χ1v) is 11.0. The lowest BCUT2D eigenvalue weighted by molar-refractivity contribution is -0.0778. The lowest BCUT2D eigenvalue weighted by atomic mass is 10.1. The number of carbonyl (C=O) groups is 1. The number of aromatic amines is 1. The first kappa shape index (κ1) is 23.2. The normalized spacial score (nSPS) is 20.4. The van der Waals surface area contributed by atoms with Gasteiger partial charge in [-0.25, -0.2) is 9.18 Å². The molecule has 7 nitrogen and oxygen atoms in total. The summed E-state index contributed by atoms with van der Waals surface area (Å²) in [5.74, 6) is -0.276. The van der Waals surface area contributed by atoms with Gasteiger partial charge in [-0.1, -0.05) is 12.1 Å². The first-order chi connectivity index (χ1) is 14.8. The standard InChI is InChI=1S/C23H34FN5O2/c1-16(29-14-17(2)31-18(3)15-29)13-25-23(30)28(4)10-6-9-21-12-22(27-26-21)19-7-5-8-20(24)11-19/h5,7-8,11-12,16-18H,6,9-10,13-15H2,1-4H3,(H,25,30)(H,26,27)/t16-,17-,18+/m0/s1. The molecule has 3 rings (SSSR count). The van der Waals surface area contributed by atoms with E-state index in [1.807, 2.05) is 19.2 Å². The van der Waals surface area contributed by atoms with Crippen molar-refractivity contribution in [3.05, 3.63) is 41.8 Å². The number of morpholine rings is 1. The van der Waals surface area contributed by atoms with E-state index in [1.54, 1.807) is 11.0 Å². The molecule has 1 saturated heterocycles. The summed E-state index contributed by atoms with van der Waals surface area (Å²) in [6, 6.07) is 8.52. The maximum atomic E-state index is 13.4. The lowest BCUT2D eigenvalue weighted by Gasteiger charge is -2.39. The zero-order valence-corrected chi connectivity index (χ0v) is 18.9. The Hall–Kier alpha value is -2.45. The third kappa shape index (κ3) is 6.77. The van der Waals surface area contributed by atoms with E-state index in [0.717, 1.165) is 42.9 Å². The summed E-state index contributed by atoms with van der Waals surface area (Å²) in [5, 5.41) is 10.3. The molecule has 0 saturated carbocycles. The monoisotopic (exact) mass is 431 g/mol. The van der Waals surface area contributed by atoms with Crippen molar-refractivity contribution in [2.45, 2.75) is 51.9 Å². The highest BCUT2D eigenvalue weighted by Gasteiger charge is 2.26. The molecule has 0 radical (unpaired) electrons. The Morgan fingerprint density at radius 1 is 1.35 bits per heavy atom. The molecule has 8 heteroatoms. The number of halogens is 1. The van der Waals surface area contributed by atoms with Gasteiger partial charge in [0.15, 0.2) is 0 Å². The van der Waals surface area contributed by atoms with Crippen molar-refractivity contribution in [3.63, 3.8) is 0 Å². The van der Waals surface area contributed by atoms with Crippen LogP contribution in [0, 0.1) is 5.82 Å². The Balaban J connectivity index is 1.38. The van der Waals surface area contributed by atoms with Crippen LogP contribution in [0.3, 0.4) is 0 Å². The van der Waals surface area contributed by atoms with E-state index in [2.05, 4.69) is 41.2 Å². The number of aryl methyl sites for hydroxylation is 1. The molecular weight excluding hydrogens is 397 g/mol. The SMILES string of the molecule is C[C@@H]1CN([C@@H](C)CNC(=O)N(C)CCCc2cc(-c3cccc(F)c3)n[nH]2)C[C@H](C)O1. The Morgan fingerprint density at radius 2 is 2.10 bits per heavy atom. The van der Waals surface area contributed by atoms with E-state index >= 15 is 0 Å². The molecule has 2 heterocycles. The summed E-state index contributed by atoms with van der Waals surface area (Å²) in [4.78, 5) is 16.5. The van der Waals surface area contributed by atoms with Crippen LogP contribution in [0.25, 0.3) is 11.3 Å². The van der Waals surface area contributed by atoms with Crippen molar-refractivity contribution in [1.82, 2.24) is 25.3 Å². The number of amides is 2. The highest BCUT2D eigenvalue weighted by Crippen LogP contribution is 2.19. The number of urea groups is 1. The smallest absolute Gasteiger partial charge is 0.317 e. The maximum Gasteiger partial charge on any atom is 0.317 e. The van der Waals surface area contributed by atoms with E-state index < -0.39 is 0 Å². The largest absolute Gasteiger partial charge is 0.373 e. The summed E-state index contributed by atoms with van der Waals surface area (Å²) in [6.45, 7) is 9.34. The predicted molar refractivity (Wildman–Crippen MR) is 119 cm³/mol. The van der Waals surface area contributed by atoms with Crippen LogP contribution in [-0.4, -0.2) is 77.5 Å². The topological polar surface area (TPSA) is 73.5 Å². The van der Waals surface area contributed by atoms with Crippen molar-refractivity contribution >= 4 is 6.03 Å². The fourth-order valence-corrected chi connectivity index (χ4v) is 3.97. The number of H-pyrrole nitrogens is 1. The number of hydrogen-bond acceptors (Lipinski definition) is 4. The number of ether oxygens (including phenoxy) is 1. The van der Waals surface area contributed by atoms with Gasteiger partial charge in [0.2, 0.25) is 0 Å². The molecule has 2 N–H and O–H groups in total. The molecule has 1 aliphatic heterocycles. The predicted octanol–water partition coefficient (Wildman–Crippen LogP) is 3.29. The highest BCUT2D eigenvalue weighted by molar-refractivity contribution is 5.73. The molecule has 1 aliphatic rings. The van der Waals surface area contributed by atoms with Crippen molar-refractivity contribution < 1.29 is 13.9 Å². The quantitative estimate of drug-likeness (QED) is 0.673. The van der Waals surface area contributed by atoms with Gasteiger partial charge in [-0.05, 0) is 51.8 Å². The zero-order chi connectivity index (χ0) is 22.4. The second-order valence-corrected chi connectivity index (χ2v) is 8.56. The number of rotatable bonds is 8. The first-order valence-electron chi connectivity index (χ1n) is 11.0. The van der Waals surface area contributed by atoms with Gasteiger partial charge in [0, 0.05) is 50.5 Å².